The Hall–Kier alpha value is -1.36. The molecule has 0 aliphatic carbocycles. The molecule has 1 aromatic rings. The highest BCUT2D eigenvalue weighted by atomic mass is 16.5. The second-order valence-corrected chi connectivity index (χ2v) is 4.29. The number of carbonyl (C=O) groups is 1. The summed E-state index contributed by atoms with van der Waals surface area (Å²) in [4.78, 5) is 11.7. The van der Waals surface area contributed by atoms with Crippen molar-refractivity contribution in [2.75, 3.05) is 7.11 Å². The Morgan fingerprint density at radius 1 is 1.59 bits per heavy atom. The Bertz CT molecular complexity index is 338. The Morgan fingerprint density at radius 3 is 2.76 bits per heavy atom. The molecule has 96 valence electrons. The van der Waals surface area contributed by atoms with Gasteiger partial charge in [0.1, 0.15) is 6.04 Å². The normalized spacial score (nSPS) is 16.2. The van der Waals surface area contributed by atoms with Crippen molar-refractivity contribution in [3.8, 4) is 0 Å². The van der Waals surface area contributed by atoms with Crippen LogP contribution in [0.2, 0.25) is 0 Å². The van der Waals surface area contributed by atoms with Crippen LogP contribution < -0.4 is 5.32 Å². The van der Waals surface area contributed by atoms with E-state index in [0.717, 1.165) is 12.1 Å². The summed E-state index contributed by atoms with van der Waals surface area (Å²) in [6, 6.07) is 1.64. The van der Waals surface area contributed by atoms with E-state index in [2.05, 4.69) is 22.4 Å². The first kappa shape index (κ1) is 13.7. The maximum Gasteiger partial charge on any atom is 0.323 e. The molecule has 1 rings (SSSR count). The molecule has 17 heavy (non-hydrogen) atoms. The third kappa shape index (κ3) is 3.56. The summed E-state index contributed by atoms with van der Waals surface area (Å²) < 4.78 is 4.83. The largest absolute Gasteiger partial charge is 0.468 e. The number of hydrogen-bond acceptors (Lipinski definition) is 4. The molecule has 0 saturated heterocycles. The molecule has 1 aromatic heterocycles. The van der Waals surface area contributed by atoms with Crippen molar-refractivity contribution < 1.29 is 9.53 Å². The van der Waals surface area contributed by atoms with Crippen molar-refractivity contribution >= 4 is 5.97 Å². The molecule has 0 radical (unpaired) electrons. The Kier molecular flexibility index (Phi) is 5.15. The minimum Gasteiger partial charge on any atom is -0.468 e. The lowest BCUT2D eigenvalue weighted by Crippen LogP contribution is -2.43. The topological polar surface area (TPSA) is 67.0 Å². The van der Waals surface area contributed by atoms with E-state index in [-0.39, 0.29) is 24.0 Å². The molecular formula is C12H21N3O2. The molecule has 0 aliphatic heterocycles. The first-order valence-electron chi connectivity index (χ1n) is 5.93. The Morgan fingerprint density at radius 2 is 2.29 bits per heavy atom. The molecule has 5 nitrogen and oxygen atoms in total. The molecule has 0 saturated carbocycles. The van der Waals surface area contributed by atoms with E-state index in [1.165, 1.54) is 7.11 Å². The van der Waals surface area contributed by atoms with Crippen LogP contribution in [-0.4, -0.2) is 29.3 Å². The number of aromatic amines is 1. The Balaban J connectivity index is 2.69. The molecular weight excluding hydrogens is 218 g/mol. The van der Waals surface area contributed by atoms with Gasteiger partial charge in [-0.15, -0.1) is 0 Å². The number of H-pyrrole nitrogens is 1. The van der Waals surface area contributed by atoms with E-state index in [1.807, 2.05) is 19.9 Å². The lowest BCUT2D eigenvalue weighted by Gasteiger charge is -2.25. The standard InChI is InChI=1S/C12H21N3O2/c1-5-8(2)11(12(16)17-4)14-9(3)10-6-7-13-15-10/h6-9,11,14H,5H2,1-4H3,(H,13,15). The van der Waals surface area contributed by atoms with Crippen molar-refractivity contribution in [2.45, 2.75) is 39.3 Å². The van der Waals surface area contributed by atoms with E-state index in [0.29, 0.717) is 0 Å². The molecule has 0 aliphatic rings. The minimum absolute atomic E-state index is 0.0376. The molecule has 0 aromatic carbocycles. The van der Waals surface area contributed by atoms with Gasteiger partial charge in [-0.1, -0.05) is 20.3 Å². The van der Waals surface area contributed by atoms with E-state index < -0.39 is 0 Å². The van der Waals surface area contributed by atoms with Crippen LogP contribution in [0.15, 0.2) is 12.3 Å². The van der Waals surface area contributed by atoms with Gasteiger partial charge >= 0.3 is 5.97 Å². The number of hydrogen-bond donors (Lipinski definition) is 2. The number of esters is 1. The van der Waals surface area contributed by atoms with Crippen molar-refractivity contribution in [3.05, 3.63) is 18.0 Å². The summed E-state index contributed by atoms with van der Waals surface area (Å²) in [5.41, 5.74) is 0.960. The zero-order valence-corrected chi connectivity index (χ0v) is 10.9. The number of rotatable bonds is 6. The molecule has 0 spiro atoms. The summed E-state index contributed by atoms with van der Waals surface area (Å²) in [5.74, 6) is 0.0125. The number of methoxy groups -OCH3 is 1. The monoisotopic (exact) mass is 239 g/mol. The third-order valence-corrected chi connectivity index (χ3v) is 3.09. The average molecular weight is 239 g/mol. The third-order valence-electron chi connectivity index (χ3n) is 3.09. The summed E-state index contributed by atoms with van der Waals surface area (Å²) in [5, 5.41) is 10.1. The van der Waals surface area contributed by atoms with Crippen LogP contribution in [0.1, 0.15) is 38.9 Å². The number of nitrogens with one attached hydrogen (secondary N) is 2. The smallest absolute Gasteiger partial charge is 0.323 e. The van der Waals surface area contributed by atoms with Gasteiger partial charge in [0.05, 0.1) is 12.8 Å². The van der Waals surface area contributed by atoms with E-state index in [4.69, 9.17) is 4.74 Å². The number of carbonyl (C=O) groups excluding carboxylic acids is 1. The number of ether oxygens (including phenoxy) is 1. The lowest BCUT2D eigenvalue weighted by atomic mass is 9.98. The molecule has 5 heteroatoms. The van der Waals surface area contributed by atoms with Crippen LogP contribution in [0.5, 0.6) is 0 Å². The summed E-state index contributed by atoms with van der Waals surface area (Å²) in [6.07, 6.45) is 2.62. The lowest BCUT2D eigenvalue weighted by molar-refractivity contribution is -0.144. The van der Waals surface area contributed by atoms with Gasteiger partial charge in [-0.3, -0.25) is 15.2 Å². The van der Waals surface area contributed by atoms with Gasteiger partial charge in [0.25, 0.3) is 0 Å². The van der Waals surface area contributed by atoms with Gasteiger partial charge in [0.15, 0.2) is 0 Å². The van der Waals surface area contributed by atoms with Crippen LogP contribution >= 0.6 is 0 Å². The minimum atomic E-state index is -0.289. The summed E-state index contributed by atoms with van der Waals surface area (Å²) >= 11 is 0. The summed E-state index contributed by atoms with van der Waals surface area (Å²) in [6.45, 7) is 6.09. The average Bonchev–Trinajstić information content (AvgIpc) is 2.87. The van der Waals surface area contributed by atoms with Gasteiger partial charge in [-0.25, -0.2) is 0 Å². The fraction of sp³-hybridized carbons (Fsp3) is 0.667. The maximum absolute atomic E-state index is 11.7. The predicted molar refractivity (Wildman–Crippen MR) is 65.4 cm³/mol. The van der Waals surface area contributed by atoms with Gasteiger partial charge in [0.2, 0.25) is 0 Å². The van der Waals surface area contributed by atoms with Crippen LogP contribution in [-0.2, 0) is 9.53 Å². The molecule has 2 N–H and O–H groups in total. The SMILES string of the molecule is CCC(C)C(NC(C)c1ccn[nH]1)C(=O)OC. The highest BCUT2D eigenvalue weighted by Gasteiger charge is 2.26. The molecule has 3 atom stereocenters. The maximum atomic E-state index is 11.7. The molecule has 0 bridgehead atoms. The van der Waals surface area contributed by atoms with Crippen molar-refractivity contribution in [1.29, 1.82) is 0 Å². The van der Waals surface area contributed by atoms with Crippen LogP contribution in [0, 0.1) is 5.92 Å². The first-order chi connectivity index (χ1) is 8.10. The van der Waals surface area contributed by atoms with Crippen LogP contribution in [0.3, 0.4) is 0 Å². The van der Waals surface area contributed by atoms with E-state index in [1.54, 1.807) is 6.20 Å². The van der Waals surface area contributed by atoms with Gasteiger partial charge in [-0.05, 0) is 18.9 Å². The molecule has 0 amide bonds. The van der Waals surface area contributed by atoms with Crippen molar-refractivity contribution in [1.82, 2.24) is 15.5 Å². The highest BCUT2D eigenvalue weighted by Crippen LogP contribution is 2.15. The fourth-order valence-corrected chi connectivity index (χ4v) is 1.69. The van der Waals surface area contributed by atoms with Crippen LogP contribution in [0.25, 0.3) is 0 Å². The van der Waals surface area contributed by atoms with Crippen LogP contribution in [0.4, 0.5) is 0 Å². The predicted octanol–water partition coefficient (Wildman–Crippen LogP) is 1.65. The molecule has 3 unspecified atom stereocenters. The number of nitrogens with zero attached hydrogens (tertiary/aromatic N) is 1. The van der Waals surface area contributed by atoms with Gasteiger partial charge < -0.3 is 4.74 Å². The van der Waals surface area contributed by atoms with Gasteiger partial charge in [-0.2, -0.15) is 5.10 Å². The highest BCUT2D eigenvalue weighted by molar-refractivity contribution is 5.76. The summed E-state index contributed by atoms with van der Waals surface area (Å²) in [7, 11) is 1.42. The van der Waals surface area contributed by atoms with E-state index >= 15 is 0 Å². The first-order valence-corrected chi connectivity index (χ1v) is 5.93. The van der Waals surface area contributed by atoms with Crippen molar-refractivity contribution in [2.24, 2.45) is 5.92 Å². The molecule has 0 fully saturated rings. The quantitative estimate of drug-likeness (QED) is 0.741. The zero-order chi connectivity index (χ0) is 12.8. The fourth-order valence-electron chi connectivity index (χ4n) is 1.69. The second-order valence-electron chi connectivity index (χ2n) is 4.29. The van der Waals surface area contributed by atoms with Gasteiger partial charge in [0, 0.05) is 12.2 Å². The van der Waals surface area contributed by atoms with E-state index in [9.17, 15) is 4.79 Å². The Labute approximate surface area is 102 Å². The number of aromatic nitrogens is 2. The zero-order valence-electron chi connectivity index (χ0n) is 10.9. The second kappa shape index (κ2) is 6.39. The van der Waals surface area contributed by atoms with Crippen molar-refractivity contribution in [3.63, 3.8) is 0 Å². The molecule has 1 heterocycles.